The molecule has 0 aliphatic heterocycles. The first-order chi connectivity index (χ1) is 8.43. The highest BCUT2D eigenvalue weighted by atomic mass is 16.5. The van der Waals surface area contributed by atoms with Crippen LogP contribution in [-0.4, -0.2) is 30.1 Å². The van der Waals surface area contributed by atoms with Crippen molar-refractivity contribution in [3.8, 4) is 0 Å². The van der Waals surface area contributed by atoms with Gasteiger partial charge in [0, 0.05) is 0 Å². The first-order valence-corrected chi connectivity index (χ1v) is 4.93. The number of rotatable bonds is 4. The summed E-state index contributed by atoms with van der Waals surface area (Å²) in [5.41, 5.74) is 6.20. The summed E-state index contributed by atoms with van der Waals surface area (Å²) in [5, 5.41) is 10.8. The number of carbonyl (C=O) groups excluding carboxylic acids is 2. The van der Waals surface area contributed by atoms with Crippen LogP contribution in [0.3, 0.4) is 0 Å². The van der Waals surface area contributed by atoms with Crippen molar-refractivity contribution in [1.82, 2.24) is 0 Å². The predicted molar refractivity (Wildman–Crippen MR) is 63.1 cm³/mol. The van der Waals surface area contributed by atoms with Gasteiger partial charge in [-0.05, 0) is 18.2 Å². The Kier molecular flexibility index (Phi) is 4.25. The van der Waals surface area contributed by atoms with E-state index in [1.54, 1.807) is 0 Å². The number of nitrogens with two attached hydrogens (primary N) is 1. The van der Waals surface area contributed by atoms with E-state index in [-0.39, 0.29) is 16.9 Å². The van der Waals surface area contributed by atoms with Gasteiger partial charge in [-0.25, -0.2) is 4.79 Å². The Morgan fingerprint density at radius 3 is 2.61 bits per heavy atom. The molecule has 0 heterocycles. The fourth-order valence-electron chi connectivity index (χ4n) is 1.24. The maximum atomic E-state index is 11.3. The number of methoxy groups -OCH3 is 1. The largest absolute Gasteiger partial charge is 0.481 e. The van der Waals surface area contributed by atoms with Gasteiger partial charge in [-0.2, -0.15) is 0 Å². The second-order valence-corrected chi connectivity index (χ2v) is 3.41. The number of hydrogen-bond donors (Lipinski definition) is 3. The number of ether oxygens (including phenoxy) is 1. The topological polar surface area (TPSA) is 119 Å². The third-order valence-electron chi connectivity index (χ3n) is 2.06. The van der Waals surface area contributed by atoms with Gasteiger partial charge >= 0.3 is 11.9 Å². The summed E-state index contributed by atoms with van der Waals surface area (Å²) >= 11 is 0. The number of anilines is 2. The van der Waals surface area contributed by atoms with Crippen molar-refractivity contribution in [3.63, 3.8) is 0 Å². The number of amides is 1. The van der Waals surface area contributed by atoms with E-state index in [0.717, 1.165) is 0 Å². The number of carboxylic acids is 1. The van der Waals surface area contributed by atoms with Crippen LogP contribution >= 0.6 is 0 Å². The average Bonchev–Trinajstić information content (AvgIpc) is 2.30. The van der Waals surface area contributed by atoms with Gasteiger partial charge in [0.05, 0.1) is 24.0 Å². The Balaban J connectivity index is 2.91. The molecule has 0 atom stereocenters. The van der Waals surface area contributed by atoms with Gasteiger partial charge in [-0.1, -0.05) is 0 Å². The lowest BCUT2D eigenvalue weighted by molar-refractivity contribution is -0.139. The Labute approximate surface area is 103 Å². The Morgan fingerprint density at radius 1 is 1.39 bits per heavy atom. The normalized spacial score (nSPS) is 9.61. The number of carbonyl (C=O) groups is 3. The van der Waals surface area contributed by atoms with Crippen molar-refractivity contribution in [2.75, 3.05) is 18.2 Å². The second kappa shape index (κ2) is 5.67. The third kappa shape index (κ3) is 3.48. The predicted octanol–water partition coefficient (Wildman–Crippen LogP) is 0.469. The van der Waals surface area contributed by atoms with Crippen LogP contribution in [-0.2, 0) is 14.3 Å². The summed E-state index contributed by atoms with van der Waals surface area (Å²) in [5.74, 6) is -2.56. The Hall–Kier alpha value is -2.57. The second-order valence-electron chi connectivity index (χ2n) is 3.41. The van der Waals surface area contributed by atoms with E-state index < -0.39 is 24.3 Å². The molecule has 7 nitrogen and oxygen atoms in total. The van der Waals surface area contributed by atoms with Crippen LogP contribution in [0.15, 0.2) is 18.2 Å². The molecular formula is C11H12N2O5. The summed E-state index contributed by atoms with van der Waals surface area (Å²) in [4.78, 5) is 32.9. The monoisotopic (exact) mass is 252 g/mol. The molecule has 1 rings (SSSR count). The third-order valence-corrected chi connectivity index (χ3v) is 2.06. The summed E-state index contributed by atoms with van der Waals surface area (Å²) in [6, 6.07) is 4.18. The fourth-order valence-corrected chi connectivity index (χ4v) is 1.24. The van der Waals surface area contributed by atoms with Crippen LogP contribution in [0.1, 0.15) is 16.8 Å². The van der Waals surface area contributed by atoms with Crippen molar-refractivity contribution < 1.29 is 24.2 Å². The molecular weight excluding hydrogens is 240 g/mol. The quantitative estimate of drug-likeness (QED) is 0.407. The number of nitrogen functional groups attached to an aromatic ring is 1. The molecule has 1 amide bonds. The van der Waals surface area contributed by atoms with Crippen molar-refractivity contribution in [1.29, 1.82) is 0 Å². The molecule has 0 unspecified atom stereocenters. The molecule has 96 valence electrons. The Bertz CT molecular complexity index is 498. The summed E-state index contributed by atoms with van der Waals surface area (Å²) in [6.07, 6.45) is -0.679. The van der Waals surface area contributed by atoms with E-state index in [9.17, 15) is 14.4 Å². The highest BCUT2D eigenvalue weighted by molar-refractivity contribution is 6.03. The smallest absolute Gasteiger partial charge is 0.337 e. The minimum Gasteiger partial charge on any atom is -0.481 e. The van der Waals surface area contributed by atoms with E-state index in [0.29, 0.717) is 0 Å². The van der Waals surface area contributed by atoms with Gasteiger partial charge in [0.1, 0.15) is 6.42 Å². The van der Waals surface area contributed by atoms with E-state index in [4.69, 9.17) is 10.8 Å². The first-order valence-electron chi connectivity index (χ1n) is 4.93. The van der Waals surface area contributed by atoms with Crippen LogP contribution in [0, 0.1) is 0 Å². The van der Waals surface area contributed by atoms with Gasteiger partial charge in [-0.3, -0.25) is 9.59 Å². The molecule has 0 bridgehead atoms. The molecule has 0 aromatic heterocycles. The molecule has 0 radical (unpaired) electrons. The molecule has 0 saturated heterocycles. The van der Waals surface area contributed by atoms with E-state index in [2.05, 4.69) is 10.1 Å². The number of carboxylic acid groups (broad SMARTS) is 1. The van der Waals surface area contributed by atoms with Gasteiger partial charge in [0.2, 0.25) is 5.91 Å². The lowest BCUT2D eigenvalue weighted by Gasteiger charge is -2.08. The number of esters is 1. The van der Waals surface area contributed by atoms with Crippen molar-refractivity contribution >= 4 is 29.2 Å². The summed E-state index contributed by atoms with van der Waals surface area (Å²) in [6.45, 7) is 0. The number of aliphatic carboxylic acids is 1. The van der Waals surface area contributed by atoms with Crippen LogP contribution < -0.4 is 11.1 Å². The molecule has 4 N–H and O–H groups in total. The molecule has 7 heteroatoms. The van der Waals surface area contributed by atoms with E-state index in [1.165, 1.54) is 25.3 Å². The molecule has 1 aromatic carbocycles. The molecule has 18 heavy (non-hydrogen) atoms. The highest BCUT2D eigenvalue weighted by Crippen LogP contribution is 2.20. The summed E-state index contributed by atoms with van der Waals surface area (Å²) < 4.78 is 4.51. The minimum atomic E-state index is -1.25. The number of benzene rings is 1. The van der Waals surface area contributed by atoms with Crippen LogP contribution in [0.2, 0.25) is 0 Å². The maximum absolute atomic E-state index is 11.3. The lowest BCUT2D eigenvalue weighted by Crippen LogP contribution is -2.17. The standard InChI is InChI=1S/C11H12N2O5/c1-18-11(17)6-2-3-7(12)8(4-6)13-9(14)5-10(15)16/h2-4H,5,12H2,1H3,(H,13,14)(H,15,16). The van der Waals surface area contributed by atoms with Crippen LogP contribution in [0.25, 0.3) is 0 Å². The zero-order chi connectivity index (χ0) is 13.7. The van der Waals surface area contributed by atoms with E-state index >= 15 is 0 Å². The minimum absolute atomic E-state index is 0.171. The first kappa shape index (κ1) is 13.5. The molecule has 0 fully saturated rings. The number of hydrogen-bond acceptors (Lipinski definition) is 5. The SMILES string of the molecule is COC(=O)c1ccc(N)c(NC(=O)CC(=O)O)c1. The lowest BCUT2D eigenvalue weighted by atomic mass is 10.1. The van der Waals surface area contributed by atoms with Crippen molar-refractivity contribution in [2.24, 2.45) is 0 Å². The Morgan fingerprint density at radius 2 is 2.06 bits per heavy atom. The average molecular weight is 252 g/mol. The van der Waals surface area contributed by atoms with Crippen LogP contribution in [0.5, 0.6) is 0 Å². The molecule has 0 aliphatic rings. The van der Waals surface area contributed by atoms with Crippen molar-refractivity contribution in [2.45, 2.75) is 6.42 Å². The van der Waals surface area contributed by atoms with Gasteiger partial charge in [0.15, 0.2) is 0 Å². The number of nitrogens with one attached hydrogen (secondary N) is 1. The maximum Gasteiger partial charge on any atom is 0.337 e. The molecule has 0 spiro atoms. The molecule has 1 aromatic rings. The van der Waals surface area contributed by atoms with E-state index in [1.807, 2.05) is 0 Å². The van der Waals surface area contributed by atoms with Gasteiger partial charge < -0.3 is 20.9 Å². The van der Waals surface area contributed by atoms with Crippen molar-refractivity contribution in [3.05, 3.63) is 23.8 Å². The zero-order valence-corrected chi connectivity index (χ0v) is 9.60. The molecule has 0 aliphatic carbocycles. The fraction of sp³-hybridized carbons (Fsp3) is 0.182. The highest BCUT2D eigenvalue weighted by Gasteiger charge is 2.12. The summed E-state index contributed by atoms with van der Waals surface area (Å²) in [7, 11) is 1.22. The van der Waals surface area contributed by atoms with Gasteiger partial charge in [0.25, 0.3) is 0 Å². The zero-order valence-electron chi connectivity index (χ0n) is 9.60. The van der Waals surface area contributed by atoms with Crippen LogP contribution in [0.4, 0.5) is 11.4 Å². The van der Waals surface area contributed by atoms with Gasteiger partial charge in [-0.15, -0.1) is 0 Å². The molecule has 0 saturated carbocycles.